The van der Waals surface area contributed by atoms with E-state index in [2.05, 4.69) is 15.2 Å². The Morgan fingerprint density at radius 2 is 1.92 bits per heavy atom. The van der Waals surface area contributed by atoms with Crippen LogP contribution in [0.4, 0.5) is 13.2 Å². The fourth-order valence-corrected chi connectivity index (χ4v) is 3.47. The van der Waals surface area contributed by atoms with E-state index in [4.69, 9.17) is 0 Å². The minimum absolute atomic E-state index is 0.277. The van der Waals surface area contributed by atoms with Crippen molar-refractivity contribution < 1.29 is 13.2 Å². The molecule has 0 amide bonds. The van der Waals surface area contributed by atoms with Crippen LogP contribution in [0.1, 0.15) is 41.8 Å². The van der Waals surface area contributed by atoms with Crippen molar-refractivity contribution in [3.8, 4) is 0 Å². The largest absolute Gasteiger partial charge is 0.416 e. The Labute approximate surface area is 152 Å². The van der Waals surface area contributed by atoms with Crippen LogP contribution in [-0.2, 0) is 12.6 Å². The standard InChI is InChI=1S/C20H24F3N3/c1-2-15-8-9-18(25-14-15)19(26-12-5-10-24-11-13-26)16-6-3-4-7-17(16)20(21,22)23/h3-4,6-9,14,19,24H,2,5,10-13H2,1H3. The van der Waals surface area contributed by atoms with E-state index in [0.29, 0.717) is 12.2 Å². The van der Waals surface area contributed by atoms with Crippen LogP contribution in [0, 0.1) is 0 Å². The van der Waals surface area contributed by atoms with Gasteiger partial charge in [0.05, 0.1) is 17.3 Å². The first-order chi connectivity index (χ1) is 12.5. The molecule has 0 aliphatic carbocycles. The predicted octanol–water partition coefficient (Wildman–Crippen LogP) is 4.05. The number of alkyl halides is 3. The van der Waals surface area contributed by atoms with Crippen molar-refractivity contribution in [1.82, 2.24) is 15.2 Å². The second kappa shape index (κ2) is 8.18. The number of aromatic nitrogens is 1. The topological polar surface area (TPSA) is 28.2 Å². The van der Waals surface area contributed by atoms with Gasteiger partial charge in [-0.3, -0.25) is 9.88 Å². The molecule has 1 unspecified atom stereocenters. The number of nitrogens with zero attached hydrogens (tertiary/aromatic N) is 2. The van der Waals surface area contributed by atoms with Crippen molar-refractivity contribution >= 4 is 0 Å². The van der Waals surface area contributed by atoms with Crippen LogP contribution >= 0.6 is 0 Å². The van der Waals surface area contributed by atoms with Crippen LogP contribution in [0.5, 0.6) is 0 Å². The van der Waals surface area contributed by atoms with E-state index in [1.807, 2.05) is 19.1 Å². The van der Waals surface area contributed by atoms with E-state index >= 15 is 0 Å². The van der Waals surface area contributed by atoms with Gasteiger partial charge in [-0.05, 0) is 42.6 Å². The van der Waals surface area contributed by atoms with E-state index < -0.39 is 17.8 Å². The number of nitrogens with one attached hydrogen (secondary N) is 1. The highest BCUT2D eigenvalue weighted by Gasteiger charge is 2.37. The average molecular weight is 363 g/mol. The van der Waals surface area contributed by atoms with Gasteiger partial charge in [-0.2, -0.15) is 13.2 Å². The van der Waals surface area contributed by atoms with Gasteiger partial charge in [-0.15, -0.1) is 0 Å². The number of pyridine rings is 1. The summed E-state index contributed by atoms with van der Waals surface area (Å²) >= 11 is 0. The lowest BCUT2D eigenvalue weighted by atomic mass is 9.95. The van der Waals surface area contributed by atoms with Crippen molar-refractivity contribution in [2.75, 3.05) is 26.2 Å². The zero-order chi connectivity index (χ0) is 18.6. The third kappa shape index (κ3) is 4.24. The molecule has 3 rings (SSSR count). The summed E-state index contributed by atoms with van der Waals surface area (Å²) in [5.41, 5.74) is 1.44. The minimum Gasteiger partial charge on any atom is -0.315 e. The molecule has 1 fully saturated rings. The van der Waals surface area contributed by atoms with Gasteiger partial charge in [0.25, 0.3) is 0 Å². The zero-order valence-corrected chi connectivity index (χ0v) is 14.9. The molecule has 140 valence electrons. The van der Waals surface area contributed by atoms with Gasteiger partial charge in [-0.1, -0.05) is 31.2 Å². The lowest BCUT2D eigenvalue weighted by Crippen LogP contribution is -2.34. The fourth-order valence-electron chi connectivity index (χ4n) is 3.47. The van der Waals surface area contributed by atoms with Gasteiger partial charge in [0.2, 0.25) is 0 Å². The number of benzene rings is 1. The molecule has 1 N–H and O–H groups in total. The third-order valence-corrected chi connectivity index (χ3v) is 4.84. The molecule has 0 bridgehead atoms. The van der Waals surface area contributed by atoms with Crippen molar-refractivity contribution in [1.29, 1.82) is 0 Å². The van der Waals surface area contributed by atoms with Crippen molar-refractivity contribution in [3.05, 3.63) is 65.0 Å². The Hall–Kier alpha value is -1.92. The molecule has 6 heteroatoms. The smallest absolute Gasteiger partial charge is 0.315 e. The summed E-state index contributed by atoms with van der Waals surface area (Å²) in [5, 5.41) is 3.31. The highest BCUT2D eigenvalue weighted by Crippen LogP contribution is 2.38. The average Bonchev–Trinajstić information content (AvgIpc) is 2.91. The van der Waals surface area contributed by atoms with E-state index in [9.17, 15) is 13.2 Å². The van der Waals surface area contributed by atoms with Gasteiger partial charge in [-0.25, -0.2) is 0 Å². The van der Waals surface area contributed by atoms with Crippen LogP contribution in [0.3, 0.4) is 0 Å². The van der Waals surface area contributed by atoms with Crippen LogP contribution in [0.15, 0.2) is 42.6 Å². The molecule has 0 radical (unpaired) electrons. The van der Waals surface area contributed by atoms with Crippen molar-refractivity contribution in [2.45, 2.75) is 32.0 Å². The molecule has 1 atom stereocenters. The second-order valence-corrected chi connectivity index (χ2v) is 6.57. The molecule has 3 nitrogen and oxygen atoms in total. The summed E-state index contributed by atoms with van der Waals surface area (Å²) in [6.07, 6.45) is -0.862. The Kier molecular flexibility index (Phi) is 5.94. The second-order valence-electron chi connectivity index (χ2n) is 6.57. The number of aryl methyl sites for hydroxylation is 1. The Balaban J connectivity index is 2.08. The maximum atomic E-state index is 13.6. The number of rotatable bonds is 4. The van der Waals surface area contributed by atoms with Gasteiger partial charge >= 0.3 is 6.18 Å². The number of hydrogen-bond acceptors (Lipinski definition) is 3. The Bertz CT molecular complexity index is 705. The van der Waals surface area contributed by atoms with Gasteiger partial charge < -0.3 is 5.32 Å². The highest BCUT2D eigenvalue weighted by atomic mass is 19.4. The maximum absolute atomic E-state index is 13.6. The summed E-state index contributed by atoms with van der Waals surface area (Å²) in [6, 6.07) is 9.20. The highest BCUT2D eigenvalue weighted by molar-refractivity contribution is 5.37. The lowest BCUT2D eigenvalue weighted by molar-refractivity contribution is -0.138. The van der Waals surface area contributed by atoms with Crippen molar-refractivity contribution in [3.63, 3.8) is 0 Å². The predicted molar refractivity (Wildman–Crippen MR) is 96.0 cm³/mol. The number of hydrogen-bond donors (Lipinski definition) is 1. The van der Waals surface area contributed by atoms with E-state index in [-0.39, 0.29) is 5.56 Å². The summed E-state index contributed by atoms with van der Waals surface area (Å²) in [7, 11) is 0. The summed E-state index contributed by atoms with van der Waals surface area (Å²) in [6.45, 7) is 5.10. The van der Waals surface area contributed by atoms with Gasteiger partial charge in [0.15, 0.2) is 0 Å². The molecule has 1 aliphatic rings. The summed E-state index contributed by atoms with van der Waals surface area (Å²) in [5.74, 6) is 0. The van der Waals surface area contributed by atoms with Gasteiger partial charge in [0.1, 0.15) is 0 Å². The molecule has 1 aromatic heterocycles. The monoisotopic (exact) mass is 363 g/mol. The van der Waals surface area contributed by atoms with E-state index in [0.717, 1.165) is 38.0 Å². The van der Waals surface area contributed by atoms with E-state index in [1.165, 1.54) is 12.1 Å². The Morgan fingerprint density at radius 3 is 2.62 bits per heavy atom. The molecule has 2 heterocycles. The normalized spacial score (nSPS) is 17.7. The van der Waals surface area contributed by atoms with Crippen LogP contribution in [0.25, 0.3) is 0 Å². The zero-order valence-electron chi connectivity index (χ0n) is 14.9. The minimum atomic E-state index is -4.39. The molecule has 2 aromatic rings. The molecule has 1 saturated heterocycles. The lowest BCUT2D eigenvalue weighted by Gasteiger charge is -2.32. The molecular weight excluding hydrogens is 339 g/mol. The van der Waals surface area contributed by atoms with Crippen LogP contribution in [-0.4, -0.2) is 36.1 Å². The maximum Gasteiger partial charge on any atom is 0.416 e. The first-order valence-electron chi connectivity index (χ1n) is 9.06. The quantitative estimate of drug-likeness (QED) is 0.888. The van der Waals surface area contributed by atoms with Gasteiger partial charge in [0, 0.05) is 25.8 Å². The summed E-state index contributed by atoms with van der Waals surface area (Å²) in [4.78, 5) is 6.64. The third-order valence-electron chi connectivity index (χ3n) is 4.84. The number of halogens is 3. The summed E-state index contributed by atoms with van der Waals surface area (Å²) < 4.78 is 40.9. The molecule has 1 aliphatic heterocycles. The van der Waals surface area contributed by atoms with Crippen molar-refractivity contribution in [2.24, 2.45) is 0 Å². The first-order valence-corrected chi connectivity index (χ1v) is 9.06. The Morgan fingerprint density at radius 1 is 1.12 bits per heavy atom. The fraction of sp³-hybridized carbons (Fsp3) is 0.450. The molecule has 26 heavy (non-hydrogen) atoms. The molecular formula is C20H24F3N3. The first kappa shape index (κ1) is 18.9. The van der Waals surface area contributed by atoms with E-state index in [1.54, 1.807) is 18.3 Å². The SMILES string of the molecule is CCc1ccc(C(c2ccccc2C(F)(F)F)N2CCCNCC2)nc1. The molecule has 0 saturated carbocycles. The molecule has 1 aromatic carbocycles. The van der Waals surface area contributed by atoms with Crippen LogP contribution in [0.2, 0.25) is 0 Å². The van der Waals surface area contributed by atoms with Crippen LogP contribution < -0.4 is 5.32 Å². The molecule has 0 spiro atoms.